The van der Waals surface area contributed by atoms with Gasteiger partial charge in [-0.1, -0.05) is 6.07 Å². The lowest BCUT2D eigenvalue weighted by molar-refractivity contribution is -0.906. The van der Waals surface area contributed by atoms with Crippen molar-refractivity contribution in [2.24, 2.45) is 0 Å². The summed E-state index contributed by atoms with van der Waals surface area (Å²) in [5, 5.41) is 9.81. The third-order valence-electron chi connectivity index (χ3n) is 3.19. The smallest absolute Gasteiger partial charge is 0.267 e. The minimum Gasteiger partial charge on any atom is -0.493 e. The molecule has 1 aromatic carbocycles. The van der Waals surface area contributed by atoms with Gasteiger partial charge in [0.1, 0.15) is 24.9 Å². The molecule has 0 saturated carbocycles. The van der Waals surface area contributed by atoms with Crippen LogP contribution in [0.15, 0.2) is 18.2 Å². The number of methoxy groups -OCH3 is 2. The summed E-state index contributed by atoms with van der Waals surface area (Å²) in [5.41, 5.74) is 0.880. The molecule has 1 unspecified atom stereocenters. The van der Waals surface area contributed by atoms with Gasteiger partial charge in [0.05, 0.1) is 33.9 Å². The molecule has 0 spiro atoms. The van der Waals surface area contributed by atoms with E-state index in [-0.39, 0.29) is 6.54 Å². The van der Waals surface area contributed by atoms with Crippen LogP contribution in [-0.4, -0.2) is 69.3 Å². The standard InChI is InChI=1S/C14H23NO6S/c1-15(2,9-12(16)10-22(17,18)19)8-11-6-5-7-13(20-3)14(11)21-4/h5-7,12,16H,8-10H2,1-4H3/p+1. The van der Waals surface area contributed by atoms with E-state index >= 15 is 0 Å². The first-order valence-corrected chi connectivity index (χ1v) is 8.34. The summed E-state index contributed by atoms with van der Waals surface area (Å²) in [5.74, 6) is 0.545. The van der Waals surface area contributed by atoms with Gasteiger partial charge in [-0.3, -0.25) is 4.55 Å². The summed E-state index contributed by atoms with van der Waals surface area (Å²) in [4.78, 5) is 0. The van der Waals surface area contributed by atoms with E-state index in [0.29, 0.717) is 22.5 Å². The second kappa shape index (κ2) is 7.28. The number of nitrogens with zero attached hydrogens (tertiary/aromatic N) is 1. The summed E-state index contributed by atoms with van der Waals surface area (Å²) in [6.45, 7) is 0.670. The fraction of sp³-hybridized carbons (Fsp3) is 0.571. The van der Waals surface area contributed by atoms with E-state index in [1.165, 1.54) is 0 Å². The van der Waals surface area contributed by atoms with Crippen molar-refractivity contribution in [3.8, 4) is 11.5 Å². The van der Waals surface area contributed by atoms with Crippen molar-refractivity contribution >= 4 is 10.1 Å². The summed E-state index contributed by atoms with van der Waals surface area (Å²) in [6.07, 6.45) is -1.15. The van der Waals surface area contributed by atoms with Crippen molar-refractivity contribution in [1.29, 1.82) is 0 Å². The van der Waals surface area contributed by atoms with Crippen LogP contribution >= 0.6 is 0 Å². The molecule has 0 saturated heterocycles. The topological polar surface area (TPSA) is 93.1 Å². The molecule has 0 bridgehead atoms. The number of hydrogen-bond donors (Lipinski definition) is 2. The summed E-state index contributed by atoms with van der Waals surface area (Å²) < 4.78 is 41.4. The molecule has 7 nitrogen and oxygen atoms in total. The first-order chi connectivity index (χ1) is 10.1. The molecule has 0 heterocycles. The molecule has 126 valence electrons. The van der Waals surface area contributed by atoms with E-state index in [4.69, 9.17) is 14.0 Å². The van der Waals surface area contributed by atoms with Gasteiger partial charge in [0, 0.05) is 0 Å². The predicted molar refractivity (Wildman–Crippen MR) is 82.6 cm³/mol. The molecule has 1 aromatic rings. The Morgan fingerprint density at radius 1 is 1.23 bits per heavy atom. The Hall–Kier alpha value is -1.35. The molecule has 0 amide bonds. The van der Waals surface area contributed by atoms with E-state index in [0.717, 1.165) is 5.56 Å². The zero-order valence-electron chi connectivity index (χ0n) is 13.3. The van der Waals surface area contributed by atoms with Gasteiger partial charge in [-0.05, 0) is 12.1 Å². The van der Waals surface area contributed by atoms with Crippen LogP contribution in [0.25, 0.3) is 0 Å². The Bertz CT molecular complexity index is 599. The van der Waals surface area contributed by atoms with E-state index < -0.39 is 22.0 Å². The number of benzene rings is 1. The summed E-state index contributed by atoms with van der Waals surface area (Å²) in [6, 6.07) is 5.51. The van der Waals surface area contributed by atoms with Crippen LogP contribution in [0.4, 0.5) is 0 Å². The minimum absolute atomic E-state index is 0.167. The lowest BCUT2D eigenvalue weighted by Gasteiger charge is -2.32. The van der Waals surface area contributed by atoms with Crippen LogP contribution in [0.1, 0.15) is 5.56 Å². The predicted octanol–water partition coefficient (Wildman–Crippen LogP) is 0.529. The van der Waals surface area contributed by atoms with Crippen LogP contribution in [0.5, 0.6) is 11.5 Å². The first kappa shape index (κ1) is 18.7. The molecule has 1 rings (SSSR count). The third kappa shape index (κ3) is 5.80. The van der Waals surface area contributed by atoms with Crippen LogP contribution in [0.3, 0.4) is 0 Å². The fourth-order valence-corrected chi connectivity index (χ4v) is 3.06. The highest BCUT2D eigenvalue weighted by atomic mass is 32.2. The van der Waals surface area contributed by atoms with Crippen LogP contribution in [0, 0.1) is 0 Å². The Labute approximate surface area is 131 Å². The van der Waals surface area contributed by atoms with Crippen molar-refractivity contribution in [1.82, 2.24) is 0 Å². The number of para-hydroxylation sites is 1. The van der Waals surface area contributed by atoms with Crippen molar-refractivity contribution in [3.63, 3.8) is 0 Å². The largest absolute Gasteiger partial charge is 0.493 e. The lowest BCUT2D eigenvalue weighted by Crippen LogP contribution is -2.46. The zero-order chi connectivity index (χ0) is 17.0. The highest BCUT2D eigenvalue weighted by Gasteiger charge is 2.26. The number of aliphatic hydroxyl groups excluding tert-OH is 1. The Kier molecular flexibility index (Phi) is 6.18. The molecule has 2 N–H and O–H groups in total. The normalized spacial score (nSPS) is 13.7. The van der Waals surface area contributed by atoms with Gasteiger partial charge in [-0.2, -0.15) is 8.42 Å². The van der Waals surface area contributed by atoms with Crippen LogP contribution < -0.4 is 9.47 Å². The molecule has 0 fully saturated rings. The van der Waals surface area contributed by atoms with Crippen molar-refractivity contribution in [2.45, 2.75) is 12.6 Å². The Morgan fingerprint density at radius 2 is 1.86 bits per heavy atom. The van der Waals surface area contributed by atoms with Crippen LogP contribution in [-0.2, 0) is 16.7 Å². The van der Waals surface area contributed by atoms with Gasteiger partial charge in [0.2, 0.25) is 0 Å². The number of likely N-dealkylation sites (N-methyl/N-ethyl adjacent to an activating group) is 1. The van der Waals surface area contributed by atoms with Gasteiger partial charge in [-0.15, -0.1) is 0 Å². The number of quaternary nitrogens is 1. The second-order valence-corrected chi connectivity index (χ2v) is 7.33. The average molecular weight is 334 g/mol. The molecule has 0 radical (unpaired) electrons. The third-order valence-corrected chi connectivity index (χ3v) is 4.00. The highest BCUT2D eigenvalue weighted by Crippen LogP contribution is 2.32. The molecule has 8 heteroatoms. The van der Waals surface area contributed by atoms with Crippen LogP contribution in [0.2, 0.25) is 0 Å². The van der Waals surface area contributed by atoms with E-state index in [9.17, 15) is 13.5 Å². The van der Waals surface area contributed by atoms with Crippen molar-refractivity contribution < 1.29 is 32.0 Å². The average Bonchev–Trinajstić information content (AvgIpc) is 2.34. The second-order valence-electron chi connectivity index (χ2n) is 5.83. The monoisotopic (exact) mass is 334 g/mol. The SMILES string of the molecule is COc1cccc(C[N+](C)(C)CC(O)CS(=O)(=O)O)c1OC. The van der Waals surface area contributed by atoms with Gasteiger partial charge < -0.3 is 19.1 Å². The molecule has 0 aliphatic carbocycles. The van der Waals surface area contributed by atoms with Crippen molar-refractivity contribution in [3.05, 3.63) is 23.8 Å². The van der Waals surface area contributed by atoms with Gasteiger partial charge in [0.25, 0.3) is 10.1 Å². The van der Waals surface area contributed by atoms with Gasteiger partial charge in [-0.25, -0.2) is 0 Å². The summed E-state index contributed by atoms with van der Waals surface area (Å²) >= 11 is 0. The van der Waals surface area contributed by atoms with Crippen molar-refractivity contribution in [2.75, 3.05) is 40.6 Å². The maximum Gasteiger partial charge on any atom is 0.267 e. The molecule has 0 aliphatic heterocycles. The number of aliphatic hydroxyl groups is 1. The molecule has 0 aromatic heterocycles. The maximum atomic E-state index is 10.8. The van der Waals surface area contributed by atoms with Gasteiger partial charge >= 0.3 is 0 Å². The van der Waals surface area contributed by atoms with E-state index in [1.807, 2.05) is 26.2 Å². The molecular weight excluding hydrogens is 310 g/mol. The zero-order valence-corrected chi connectivity index (χ0v) is 14.1. The van der Waals surface area contributed by atoms with E-state index in [2.05, 4.69) is 0 Å². The molecule has 1 atom stereocenters. The summed E-state index contributed by atoms with van der Waals surface area (Å²) in [7, 11) is 2.61. The number of rotatable bonds is 8. The lowest BCUT2D eigenvalue weighted by atomic mass is 10.1. The van der Waals surface area contributed by atoms with E-state index in [1.54, 1.807) is 20.3 Å². The highest BCUT2D eigenvalue weighted by molar-refractivity contribution is 7.85. The Balaban J connectivity index is 2.88. The molecular formula is C14H24NO6S+. The number of hydrogen-bond acceptors (Lipinski definition) is 5. The molecule has 0 aliphatic rings. The van der Waals surface area contributed by atoms with Gasteiger partial charge in [0.15, 0.2) is 11.5 Å². The maximum absolute atomic E-state index is 10.8. The first-order valence-electron chi connectivity index (χ1n) is 6.73. The number of ether oxygens (including phenoxy) is 2. The Morgan fingerprint density at radius 3 is 2.36 bits per heavy atom. The molecule has 22 heavy (non-hydrogen) atoms. The fourth-order valence-electron chi connectivity index (χ4n) is 2.47. The minimum atomic E-state index is -4.20. The quantitative estimate of drug-likeness (QED) is 0.532.